The van der Waals surface area contributed by atoms with E-state index in [1.165, 1.54) is 11.1 Å². The summed E-state index contributed by atoms with van der Waals surface area (Å²) >= 11 is 6.07. The largest absolute Gasteiger partial charge is 0.390 e. The molecule has 0 radical (unpaired) electrons. The van der Waals surface area contributed by atoms with Crippen molar-refractivity contribution in [1.82, 2.24) is 30.2 Å². The number of hydrogen-bond acceptors (Lipinski definition) is 5. The first-order chi connectivity index (χ1) is 14.7. The van der Waals surface area contributed by atoms with E-state index in [4.69, 9.17) is 11.6 Å². The molecule has 4 rings (SSSR count). The topological polar surface area (TPSA) is 92.5 Å². The minimum absolute atomic E-state index is 0.141. The molecule has 0 unspecified atom stereocenters. The summed E-state index contributed by atoms with van der Waals surface area (Å²) in [4.78, 5) is 4.11. The summed E-state index contributed by atoms with van der Waals surface area (Å²) in [6, 6.07) is 14.6. The Bertz CT molecular complexity index is 1120. The van der Waals surface area contributed by atoms with Crippen molar-refractivity contribution in [3.63, 3.8) is 0 Å². The number of aromatic amines is 1. The number of hydrogen-bond donors (Lipinski definition) is 2. The van der Waals surface area contributed by atoms with E-state index in [1.807, 2.05) is 22.8 Å². The molecule has 0 aliphatic heterocycles. The zero-order valence-corrected chi connectivity index (χ0v) is 17.5. The molecule has 2 aromatic heterocycles. The van der Waals surface area contributed by atoms with Crippen LogP contribution in [0.15, 0.2) is 48.8 Å². The Labute approximate surface area is 179 Å². The highest BCUT2D eigenvalue weighted by Gasteiger charge is 2.15. The Morgan fingerprint density at radius 2 is 1.93 bits per heavy atom. The van der Waals surface area contributed by atoms with Crippen LogP contribution in [0.1, 0.15) is 36.6 Å². The summed E-state index contributed by atoms with van der Waals surface area (Å²) in [6.07, 6.45) is 4.85. The van der Waals surface area contributed by atoms with Gasteiger partial charge in [0.1, 0.15) is 0 Å². The molecule has 0 aliphatic carbocycles. The summed E-state index contributed by atoms with van der Waals surface area (Å²) in [6.45, 7) is 2.65. The van der Waals surface area contributed by atoms with Gasteiger partial charge in [0.25, 0.3) is 0 Å². The summed E-state index contributed by atoms with van der Waals surface area (Å²) in [5, 5.41) is 24.3. The molecule has 0 atom stereocenters. The van der Waals surface area contributed by atoms with E-state index in [2.05, 4.69) is 56.8 Å². The van der Waals surface area contributed by atoms with Crippen molar-refractivity contribution in [1.29, 1.82) is 0 Å². The van der Waals surface area contributed by atoms with E-state index in [1.54, 1.807) is 6.33 Å². The Hall–Kier alpha value is -3.03. The first kappa shape index (κ1) is 20.3. The lowest BCUT2D eigenvalue weighted by Gasteiger charge is -2.15. The number of rotatable bonds is 8. The van der Waals surface area contributed by atoms with Crippen LogP contribution < -0.4 is 0 Å². The van der Waals surface area contributed by atoms with Crippen LogP contribution in [-0.2, 0) is 19.6 Å². The minimum Gasteiger partial charge on any atom is -0.390 e. The van der Waals surface area contributed by atoms with Crippen LogP contribution in [-0.4, -0.2) is 35.3 Å². The van der Waals surface area contributed by atoms with E-state index in [0.717, 1.165) is 36.0 Å². The molecule has 30 heavy (non-hydrogen) atoms. The number of nitrogens with one attached hydrogen (secondary N) is 1. The number of imidazole rings is 1. The van der Waals surface area contributed by atoms with E-state index < -0.39 is 0 Å². The number of H-pyrrole nitrogens is 1. The zero-order chi connectivity index (χ0) is 20.9. The number of aryl methyl sites for hydroxylation is 1. The van der Waals surface area contributed by atoms with Crippen molar-refractivity contribution in [2.75, 3.05) is 0 Å². The van der Waals surface area contributed by atoms with Gasteiger partial charge in [-0.2, -0.15) is 0 Å². The van der Waals surface area contributed by atoms with Gasteiger partial charge in [0.2, 0.25) is 0 Å². The molecule has 0 spiro atoms. The van der Waals surface area contributed by atoms with Crippen LogP contribution in [0.3, 0.4) is 0 Å². The SMILES string of the molecule is CCCCc1cc(Cn2cnc(Cl)c2CO)ccc1-c1ccccc1-c1nnn[nH]1. The third-order valence-electron chi connectivity index (χ3n) is 5.19. The molecular formula is C22H23ClN6O. The Morgan fingerprint density at radius 1 is 1.10 bits per heavy atom. The number of nitrogens with zero attached hydrogens (tertiary/aromatic N) is 5. The monoisotopic (exact) mass is 422 g/mol. The first-order valence-corrected chi connectivity index (χ1v) is 10.3. The quantitative estimate of drug-likeness (QED) is 0.442. The van der Waals surface area contributed by atoms with Gasteiger partial charge in [-0.05, 0) is 45.5 Å². The van der Waals surface area contributed by atoms with Gasteiger partial charge in [-0.1, -0.05) is 67.4 Å². The molecule has 8 heteroatoms. The summed E-state index contributed by atoms with van der Waals surface area (Å²) in [5.41, 5.74) is 6.26. The van der Waals surface area contributed by atoms with Crippen molar-refractivity contribution in [2.24, 2.45) is 0 Å². The fraction of sp³-hybridized carbons (Fsp3) is 0.273. The second-order valence-corrected chi connectivity index (χ2v) is 7.52. The van der Waals surface area contributed by atoms with Crippen LogP contribution >= 0.6 is 11.6 Å². The smallest absolute Gasteiger partial charge is 0.180 e. The van der Waals surface area contributed by atoms with Crippen molar-refractivity contribution in [3.05, 3.63) is 70.8 Å². The van der Waals surface area contributed by atoms with Crippen LogP contribution in [0.2, 0.25) is 5.15 Å². The Morgan fingerprint density at radius 3 is 2.67 bits per heavy atom. The van der Waals surface area contributed by atoms with Gasteiger partial charge in [-0.25, -0.2) is 10.1 Å². The molecule has 0 amide bonds. The van der Waals surface area contributed by atoms with E-state index in [9.17, 15) is 5.11 Å². The van der Waals surface area contributed by atoms with Crippen molar-refractivity contribution < 1.29 is 5.11 Å². The van der Waals surface area contributed by atoms with E-state index >= 15 is 0 Å². The van der Waals surface area contributed by atoms with Gasteiger partial charge < -0.3 is 9.67 Å². The summed E-state index contributed by atoms with van der Waals surface area (Å²) in [5.74, 6) is 0.650. The number of aromatic nitrogens is 6. The van der Waals surface area contributed by atoms with Gasteiger partial charge in [-0.3, -0.25) is 0 Å². The maximum absolute atomic E-state index is 9.59. The van der Waals surface area contributed by atoms with Crippen LogP contribution in [0, 0.1) is 0 Å². The normalized spacial score (nSPS) is 11.2. The molecule has 0 saturated heterocycles. The molecular weight excluding hydrogens is 400 g/mol. The maximum Gasteiger partial charge on any atom is 0.180 e. The standard InChI is InChI=1S/C22H23ClN6O/c1-2-3-6-16-11-15(12-29-14-24-21(23)20(29)13-30)9-10-17(16)18-7-4-5-8-19(18)22-25-27-28-26-22/h4-5,7-11,14,30H,2-3,6,12-13H2,1H3,(H,25,26,27,28). The van der Waals surface area contributed by atoms with Gasteiger partial charge in [0.15, 0.2) is 11.0 Å². The number of benzene rings is 2. The number of tetrazole rings is 1. The summed E-state index contributed by atoms with van der Waals surface area (Å²) in [7, 11) is 0. The van der Waals surface area contributed by atoms with Gasteiger partial charge in [0.05, 0.1) is 18.6 Å². The van der Waals surface area contributed by atoms with Gasteiger partial charge in [0, 0.05) is 12.1 Å². The molecule has 2 heterocycles. The fourth-order valence-corrected chi connectivity index (χ4v) is 3.86. The van der Waals surface area contributed by atoms with Crippen LogP contribution in [0.4, 0.5) is 0 Å². The molecule has 4 aromatic rings. The number of halogens is 1. The average Bonchev–Trinajstić information content (AvgIpc) is 3.42. The van der Waals surface area contributed by atoms with Gasteiger partial charge in [-0.15, -0.1) is 5.10 Å². The van der Waals surface area contributed by atoms with E-state index in [-0.39, 0.29) is 6.61 Å². The second kappa shape index (κ2) is 9.19. The summed E-state index contributed by atoms with van der Waals surface area (Å²) < 4.78 is 1.88. The third-order valence-corrected chi connectivity index (χ3v) is 5.50. The lowest BCUT2D eigenvalue weighted by molar-refractivity contribution is 0.271. The lowest BCUT2D eigenvalue weighted by atomic mass is 9.91. The highest BCUT2D eigenvalue weighted by Crippen LogP contribution is 2.33. The van der Waals surface area contributed by atoms with Crippen molar-refractivity contribution >= 4 is 11.6 Å². The molecule has 0 aliphatic rings. The number of unbranched alkanes of at least 4 members (excludes halogenated alkanes) is 1. The minimum atomic E-state index is -0.141. The van der Waals surface area contributed by atoms with E-state index in [0.29, 0.717) is 23.2 Å². The highest BCUT2D eigenvalue weighted by molar-refractivity contribution is 6.30. The molecule has 0 saturated carbocycles. The second-order valence-electron chi connectivity index (χ2n) is 7.16. The van der Waals surface area contributed by atoms with Gasteiger partial charge >= 0.3 is 0 Å². The first-order valence-electron chi connectivity index (χ1n) is 9.97. The van der Waals surface area contributed by atoms with Crippen molar-refractivity contribution in [3.8, 4) is 22.5 Å². The molecule has 154 valence electrons. The predicted octanol–water partition coefficient (Wildman–Crippen LogP) is 4.27. The number of aliphatic hydroxyl groups is 1. The Kier molecular flexibility index (Phi) is 6.21. The Balaban J connectivity index is 1.74. The predicted molar refractivity (Wildman–Crippen MR) is 116 cm³/mol. The third kappa shape index (κ3) is 4.13. The highest BCUT2D eigenvalue weighted by atomic mass is 35.5. The molecule has 2 N–H and O–H groups in total. The molecule has 0 fully saturated rings. The lowest BCUT2D eigenvalue weighted by Crippen LogP contribution is -2.04. The molecule has 0 bridgehead atoms. The zero-order valence-electron chi connectivity index (χ0n) is 16.7. The number of aliphatic hydroxyl groups excluding tert-OH is 1. The maximum atomic E-state index is 9.59. The van der Waals surface area contributed by atoms with Crippen molar-refractivity contribution in [2.45, 2.75) is 39.3 Å². The van der Waals surface area contributed by atoms with Crippen LogP contribution in [0.5, 0.6) is 0 Å². The molecule has 7 nitrogen and oxygen atoms in total. The molecule has 2 aromatic carbocycles. The average molecular weight is 423 g/mol. The fourth-order valence-electron chi connectivity index (χ4n) is 3.65. The van der Waals surface area contributed by atoms with Crippen LogP contribution in [0.25, 0.3) is 22.5 Å².